The minimum absolute atomic E-state index is 0. The predicted octanol–water partition coefficient (Wildman–Crippen LogP) is 14.1. The van der Waals surface area contributed by atoms with Crippen molar-refractivity contribution in [1.82, 2.24) is 14.5 Å². The van der Waals surface area contributed by atoms with Crippen molar-refractivity contribution in [3.63, 3.8) is 0 Å². The topological polar surface area (TPSA) is 50.9 Å². The number of aromatic nitrogens is 3. The molecule has 0 saturated carbocycles. The Morgan fingerprint density at radius 2 is 1.25 bits per heavy atom. The van der Waals surface area contributed by atoms with Crippen LogP contribution in [-0.4, -0.2) is 19.6 Å². The van der Waals surface area contributed by atoms with Gasteiger partial charge in [-0.2, -0.15) is 0 Å². The molecular formula is C55H46N3OPt-. The van der Waals surface area contributed by atoms with Crippen molar-refractivity contribution in [2.24, 2.45) is 0 Å². The molecule has 5 heteroatoms. The third-order valence-corrected chi connectivity index (χ3v) is 11.0. The van der Waals surface area contributed by atoms with E-state index in [0.717, 1.165) is 72.4 Å². The molecule has 2 heterocycles. The molecule has 7 aromatic carbocycles. The van der Waals surface area contributed by atoms with Crippen molar-refractivity contribution in [3.05, 3.63) is 192 Å². The fraction of sp³-hybridized carbons (Fsp3) is 0.127. The van der Waals surface area contributed by atoms with Gasteiger partial charge in [0.2, 0.25) is 0 Å². The summed E-state index contributed by atoms with van der Waals surface area (Å²) in [4.78, 5) is 10.3. The number of aryl methyl sites for hydroxylation is 3. The van der Waals surface area contributed by atoms with E-state index >= 15 is 0 Å². The van der Waals surface area contributed by atoms with Crippen molar-refractivity contribution in [1.29, 1.82) is 0 Å². The summed E-state index contributed by atoms with van der Waals surface area (Å²) in [6.45, 7) is 8.10. The first-order valence-electron chi connectivity index (χ1n) is 21.5. The SMILES string of the molecule is [2H]C([2H])([2H])c1cc(-c2ccccc2)cc(-n2c(-c3cc(C)cc(C)c3O)nc3c(-c4[c-]c(-c5cc(-c6ccc(-c7ccccc7)cc6)ccn5)cc(C(C)(C)C)c4)cccc32)c1.[Pt]. The number of phenols is 1. The van der Waals surface area contributed by atoms with Crippen LogP contribution in [-0.2, 0) is 26.5 Å². The van der Waals surface area contributed by atoms with E-state index in [-0.39, 0.29) is 37.8 Å². The average molecular weight is 963 g/mol. The maximum atomic E-state index is 11.7. The maximum Gasteiger partial charge on any atom is 0.148 e. The molecule has 2 aromatic heterocycles. The Kier molecular flexibility index (Phi) is 10.0. The van der Waals surface area contributed by atoms with Crippen LogP contribution in [0.3, 0.4) is 0 Å². The van der Waals surface area contributed by atoms with Crippen LogP contribution in [0, 0.1) is 26.8 Å². The van der Waals surface area contributed by atoms with Crippen LogP contribution in [0.1, 0.15) is 47.1 Å². The molecule has 0 bridgehead atoms. The normalized spacial score (nSPS) is 12.4. The molecule has 9 aromatic rings. The standard InChI is InChI=1S/C55H46N3O.Pt/c1-35-26-37(3)53(59)49(29-35)54-57-52-48(18-13-19-51(52)58(54)47-28-36(2)27-43(33-47)39-16-11-8-12-17-39)44-30-45(32-46(31-44)55(4,5)6)50-34-42(24-25-56-50)41-22-20-40(21-23-41)38-14-9-7-10-15-38;/h7-29,31-34,59H,1-6H3;/q-1;/i2D3;. The van der Waals surface area contributed by atoms with Gasteiger partial charge in [-0.1, -0.05) is 147 Å². The number of para-hydroxylation sites is 1. The number of imidazole rings is 1. The summed E-state index contributed by atoms with van der Waals surface area (Å²) in [5.41, 5.74) is 14.9. The van der Waals surface area contributed by atoms with E-state index < -0.39 is 6.85 Å². The summed E-state index contributed by atoms with van der Waals surface area (Å²) in [5, 5.41) is 11.7. The molecular weight excluding hydrogens is 914 g/mol. The molecule has 0 radical (unpaired) electrons. The first-order chi connectivity index (χ1) is 29.7. The van der Waals surface area contributed by atoms with E-state index in [1.807, 2.05) is 97.4 Å². The predicted molar refractivity (Wildman–Crippen MR) is 245 cm³/mol. The molecule has 0 atom stereocenters. The Bertz CT molecular complexity index is 3120. The second kappa shape index (κ2) is 16.4. The van der Waals surface area contributed by atoms with Crippen LogP contribution in [0.15, 0.2) is 164 Å². The van der Waals surface area contributed by atoms with Crippen LogP contribution in [0.25, 0.3) is 83.9 Å². The van der Waals surface area contributed by atoms with Gasteiger partial charge in [-0.25, -0.2) is 4.98 Å². The van der Waals surface area contributed by atoms with Crippen molar-refractivity contribution in [2.75, 3.05) is 0 Å². The first-order valence-corrected chi connectivity index (χ1v) is 20.0. The van der Waals surface area contributed by atoms with E-state index in [9.17, 15) is 5.11 Å². The van der Waals surface area contributed by atoms with Gasteiger partial charge in [0.05, 0.1) is 16.6 Å². The number of pyridine rings is 1. The zero-order valence-corrected chi connectivity index (χ0v) is 36.5. The summed E-state index contributed by atoms with van der Waals surface area (Å²) in [7, 11) is 0. The molecule has 0 spiro atoms. The third-order valence-electron chi connectivity index (χ3n) is 11.0. The van der Waals surface area contributed by atoms with E-state index in [0.29, 0.717) is 22.6 Å². The maximum absolute atomic E-state index is 11.7. The number of hydrogen-bond donors (Lipinski definition) is 1. The zero-order valence-electron chi connectivity index (χ0n) is 37.2. The molecule has 0 amide bonds. The summed E-state index contributed by atoms with van der Waals surface area (Å²) < 4.78 is 27.5. The third kappa shape index (κ3) is 7.88. The number of phenolic OH excluding ortho intramolecular Hbond substituents is 1. The van der Waals surface area contributed by atoms with Gasteiger partial charge in [0.15, 0.2) is 0 Å². The monoisotopic (exact) mass is 962 g/mol. The zero-order chi connectivity index (χ0) is 43.3. The molecule has 0 aliphatic rings. The molecule has 0 fully saturated rings. The molecule has 4 nitrogen and oxygen atoms in total. The van der Waals surface area contributed by atoms with Gasteiger partial charge in [-0.3, -0.25) is 9.55 Å². The Hall–Kier alpha value is -6.35. The Morgan fingerprint density at radius 3 is 1.93 bits per heavy atom. The van der Waals surface area contributed by atoms with Crippen LogP contribution < -0.4 is 0 Å². The van der Waals surface area contributed by atoms with Crippen molar-refractivity contribution >= 4 is 11.0 Å². The molecule has 60 heavy (non-hydrogen) atoms. The van der Waals surface area contributed by atoms with E-state index in [1.165, 1.54) is 5.56 Å². The minimum Gasteiger partial charge on any atom is -0.507 e. The number of rotatable bonds is 7. The smallest absolute Gasteiger partial charge is 0.148 e. The summed E-state index contributed by atoms with van der Waals surface area (Å²) in [6, 6.07) is 56.4. The molecule has 0 aliphatic heterocycles. The van der Waals surface area contributed by atoms with Crippen LogP contribution in [0.4, 0.5) is 0 Å². The second-order valence-electron chi connectivity index (χ2n) is 16.4. The van der Waals surface area contributed by atoms with E-state index in [4.69, 9.17) is 14.1 Å². The quantitative estimate of drug-likeness (QED) is 0.162. The number of aromatic hydroxyl groups is 1. The molecule has 1 N–H and O–H groups in total. The summed E-state index contributed by atoms with van der Waals surface area (Å²) in [5.74, 6) is 0.617. The minimum atomic E-state index is -2.38. The molecule has 9 rings (SSSR count). The number of nitrogens with zero attached hydrogens (tertiary/aromatic N) is 3. The number of fused-ring (bicyclic) bond motifs is 1. The number of benzene rings is 7. The van der Waals surface area contributed by atoms with Gasteiger partial charge >= 0.3 is 0 Å². The summed E-state index contributed by atoms with van der Waals surface area (Å²) >= 11 is 0. The van der Waals surface area contributed by atoms with Gasteiger partial charge in [0, 0.05) is 42.8 Å². The van der Waals surface area contributed by atoms with Gasteiger partial charge in [0.1, 0.15) is 11.6 Å². The van der Waals surface area contributed by atoms with Gasteiger partial charge < -0.3 is 5.11 Å². The van der Waals surface area contributed by atoms with Gasteiger partial charge in [-0.05, 0) is 107 Å². The van der Waals surface area contributed by atoms with Gasteiger partial charge in [-0.15, -0.1) is 29.3 Å². The van der Waals surface area contributed by atoms with Crippen LogP contribution in [0.5, 0.6) is 5.75 Å². The van der Waals surface area contributed by atoms with Crippen molar-refractivity contribution < 1.29 is 30.3 Å². The van der Waals surface area contributed by atoms with Crippen LogP contribution in [0.2, 0.25) is 0 Å². The van der Waals surface area contributed by atoms with Gasteiger partial charge in [0.25, 0.3) is 0 Å². The molecule has 298 valence electrons. The molecule has 0 unspecified atom stereocenters. The molecule has 0 saturated heterocycles. The van der Waals surface area contributed by atoms with Crippen molar-refractivity contribution in [3.8, 4) is 78.6 Å². The second-order valence-corrected chi connectivity index (χ2v) is 16.4. The average Bonchev–Trinajstić information content (AvgIpc) is 3.67. The van der Waals surface area contributed by atoms with E-state index in [1.54, 1.807) is 12.1 Å². The number of hydrogen-bond acceptors (Lipinski definition) is 3. The van der Waals surface area contributed by atoms with Crippen molar-refractivity contribution in [2.45, 2.75) is 46.9 Å². The first kappa shape index (κ1) is 36.7. The molecule has 0 aliphatic carbocycles. The Balaban J connectivity index is 0.00000544. The Labute approximate surface area is 371 Å². The van der Waals surface area contributed by atoms with Crippen LogP contribution >= 0.6 is 0 Å². The Morgan fingerprint density at radius 1 is 0.600 bits per heavy atom. The fourth-order valence-corrected chi connectivity index (χ4v) is 7.96. The summed E-state index contributed by atoms with van der Waals surface area (Å²) in [6.07, 6.45) is 1.86. The largest absolute Gasteiger partial charge is 0.507 e. The fourth-order valence-electron chi connectivity index (χ4n) is 7.96. The van der Waals surface area contributed by atoms with E-state index in [2.05, 4.69) is 99.6 Å².